The van der Waals surface area contributed by atoms with Crippen LogP contribution in [0.2, 0.25) is 0 Å². The van der Waals surface area contributed by atoms with Crippen molar-refractivity contribution in [1.82, 2.24) is 4.98 Å². The zero-order chi connectivity index (χ0) is 9.26. The first-order valence-corrected chi connectivity index (χ1v) is 4.74. The van der Waals surface area contributed by atoms with E-state index in [-0.39, 0.29) is 12.4 Å². The summed E-state index contributed by atoms with van der Waals surface area (Å²) >= 11 is 5.73. The Balaban J connectivity index is 0.000000980. The SMILES string of the molecule is Cc1ccc2ncc(CCl)cc2c1.Cl. The predicted octanol–water partition coefficient (Wildman–Crippen LogP) is 3.70. The lowest BCUT2D eigenvalue weighted by Gasteiger charge is -2.00. The normalized spacial score (nSPS) is 9.86. The van der Waals surface area contributed by atoms with Crippen LogP contribution in [0.5, 0.6) is 0 Å². The topological polar surface area (TPSA) is 12.9 Å². The fourth-order valence-corrected chi connectivity index (χ4v) is 1.52. The number of aromatic nitrogens is 1. The first-order valence-electron chi connectivity index (χ1n) is 4.21. The van der Waals surface area contributed by atoms with Gasteiger partial charge in [-0.15, -0.1) is 24.0 Å². The van der Waals surface area contributed by atoms with E-state index in [9.17, 15) is 0 Å². The van der Waals surface area contributed by atoms with E-state index in [0.717, 1.165) is 16.5 Å². The number of aryl methyl sites for hydroxylation is 1. The van der Waals surface area contributed by atoms with E-state index in [2.05, 4.69) is 30.1 Å². The number of benzene rings is 1. The van der Waals surface area contributed by atoms with Crippen LogP contribution in [0, 0.1) is 6.92 Å². The lowest BCUT2D eigenvalue weighted by molar-refractivity contribution is 1.30. The van der Waals surface area contributed by atoms with Crippen LogP contribution in [0.15, 0.2) is 30.5 Å². The zero-order valence-electron chi connectivity index (χ0n) is 7.83. The predicted molar refractivity (Wildman–Crippen MR) is 63.3 cm³/mol. The summed E-state index contributed by atoms with van der Waals surface area (Å²) < 4.78 is 0. The van der Waals surface area contributed by atoms with Crippen molar-refractivity contribution in [2.45, 2.75) is 12.8 Å². The molecule has 0 atom stereocenters. The Morgan fingerprint density at radius 1 is 1.29 bits per heavy atom. The molecule has 0 aliphatic rings. The van der Waals surface area contributed by atoms with Gasteiger partial charge in [0.05, 0.1) is 5.52 Å². The molecule has 0 aliphatic carbocycles. The van der Waals surface area contributed by atoms with Gasteiger partial charge in [-0.05, 0) is 30.7 Å². The van der Waals surface area contributed by atoms with Gasteiger partial charge in [0.15, 0.2) is 0 Å². The van der Waals surface area contributed by atoms with Crippen LogP contribution < -0.4 is 0 Å². The maximum atomic E-state index is 5.73. The second kappa shape index (κ2) is 4.63. The molecule has 2 rings (SSSR count). The number of rotatable bonds is 1. The number of hydrogen-bond donors (Lipinski definition) is 0. The summed E-state index contributed by atoms with van der Waals surface area (Å²) in [5.41, 5.74) is 3.35. The first-order chi connectivity index (χ1) is 6.29. The summed E-state index contributed by atoms with van der Waals surface area (Å²) in [7, 11) is 0. The first kappa shape index (κ1) is 11.3. The van der Waals surface area contributed by atoms with Gasteiger partial charge in [-0.2, -0.15) is 0 Å². The molecule has 1 nitrogen and oxygen atoms in total. The van der Waals surface area contributed by atoms with E-state index >= 15 is 0 Å². The number of hydrogen-bond acceptors (Lipinski definition) is 1. The molecule has 74 valence electrons. The van der Waals surface area contributed by atoms with Crippen LogP contribution in [-0.4, -0.2) is 4.98 Å². The van der Waals surface area contributed by atoms with Gasteiger partial charge in [0, 0.05) is 17.5 Å². The third kappa shape index (κ3) is 2.17. The number of pyridine rings is 1. The average Bonchev–Trinajstić information content (AvgIpc) is 2.16. The highest BCUT2D eigenvalue weighted by atomic mass is 35.5. The molecule has 0 aliphatic heterocycles. The van der Waals surface area contributed by atoms with E-state index in [4.69, 9.17) is 11.6 Å². The van der Waals surface area contributed by atoms with Crippen molar-refractivity contribution in [2.24, 2.45) is 0 Å². The Morgan fingerprint density at radius 3 is 2.79 bits per heavy atom. The minimum atomic E-state index is 0. The van der Waals surface area contributed by atoms with E-state index < -0.39 is 0 Å². The van der Waals surface area contributed by atoms with E-state index in [0.29, 0.717) is 5.88 Å². The second-order valence-corrected chi connectivity index (χ2v) is 3.44. The fraction of sp³-hybridized carbons (Fsp3) is 0.182. The monoisotopic (exact) mass is 227 g/mol. The highest BCUT2D eigenvalue weighted by Gasteiger charge is 1.96. The standard InChI is InChI=1S/C11H10ClN.ClH/c1-8-2-3-11-10(4-8)5-9(6-12)7-13-11;/h2-5,7H,6H2,1H3;1H. The molecule has 1 heterocycles. The molecule has 0 fully saturated rings. The van der Waals surface area contributed by atoms with E-state index in [1.165, 1.54) is 5.56 Å². The second-order valence-electron chi connectivity index (χ2n) is 3.17. The van der Waals surface area contributed by atoms with Crippen molar-refractivity contribution in [3.8, 4) is 0 Å². The summed E-state index contributed by atoms with van der Waals surface area (Å²) in [6.07, 6.45) is 1.82. The lowest BCUT2D eigenvalue weighted by atomic mass is 10.1. The molecule has 0 saturated heterocycles. The molecular weight excluding hydrogens is 217 g/mol. The van der Waals surface area contributed by atoms with Gasteiger partial charge in [0.1, 0.15) is 0 Å². The summed E-state index contributed by atoms with van der Waals surface area (Å²) in [5, 5.41) is 1.16. The molecule has 0 saturated carbocycles. The number of alkyl halides is 1. The number of fused-ring (bicyclic) bond motifs is 1. The maximum Gasteiger partial charge on any atom is 0.0702 e. The van der Waals surface area contributed by atoms with E-state index in [1.807, 2.05) is 12.3 Å². The molecule has 14 heavy (non-hydrogen) atoms. The number of halogens is 2. The van der Waals surface area contributed by atoms with Gasteiger partial charge in [0.25, 0.3) is 0 Å². The van der Waals surface area contributed by atoms with Crippen molar-refractivity contribution in [1.29, 1.82) is 0 Å². The molecule has 1 aromatic heterocycles. The molecule has 1 aromatic carbocycles. The molecule has 0 amide bonds. The van der Waals surface area contributed by atoms with Crippen LogP contribution in [0.1, 0.15) is 11.1 Å². The Morgan fingerprint density at radius 2 is 2.07 bits per heavy atom. The van der Waals surface area contributed by atoms with Crippen molar-refractivity contribution in [3.63, 3.8) is 0 Å². The minimum absolute atomic E-state index is 0. The largest absolute Gasteiger partial charge is 0.256 e. The quantitative estimate of drug-likeness (QED) is 0.678. The summed E-state index contributed by atoms with van der Waals surface area (Å²) in [6, 6.07) is 8.30. The summed E-state index contributed by atoms with van der Waals surface area (Å²) in [4.78, 5) is 4.31. The molecule has 0 unspecified atom stereocenters. The van der Waals surface area contributed by atoms with Gasteiger partial charge in [0.2, 0.25) is 0 Å². The summed E-state index contributed by atoms with van der Waals surface area (Å²) in [6.45, 7) is 2.08. The Hall–Kier alpha value is -0.790. The highest BCUT2D eigenvalue weighted by Crippen LogP contribution is 2.15. The van der Waals surface area contributed by atoms with Gasteiger partial charge in [-0.1, -0.05) is 11.6 Å². The fourth-order valence-electron chi connectivity index (χ4n) is 1.37. The number of nitrogens with zero attached hydrogens (tertiary/aromatic N) is 1. The van der Waals surface area contributed by atoms with Crippen molar-refractivity contribution in [3.05, 3.63) is 41.6 Å². The molecule has 0 N–H and O–H groups in total. The maximum absolute atomic E-state index is 5.73. The van der Waals surface area contributed by atoms with Gasteiger partial charge in [-0.3, -0.25) is 4.98 Å². The molecule has 3 heteroatoms. The van der Waals surface area contributed by atoms with E-state index in [1.54, 1.807) is 0 Å². The minimum Gasteiger partial charge on any atom is -0.256 e. The van der Waals surface area contributed by atoms with Gasteiger partial charge >= 0.3 is 0 Å². The van der Waals surface area contributed by atoms with Crippen LogP contribution in [0.4, 0.5) is 0 Å². The van der Waals surface area contributed by atoms with Gasteiger partial charge < -0.3 is 0 Å². The molecule has 0 spiro atoms. The van der Waals surface area contributed by atoms with Crippen LogP contribution in [-0.2, 0) is 5.88 Å². The van der Waals surface area contributed by atoms with Gasteiger partial charge in [-0.25, -0.2) is 0 Å². The third-order valence-electron chi connectivity index (χ3n) is 2.05. The summed E-state index contributed by atoms with van der Waals surface area (Å²) in [5.74, 6) is 0.525. The van der Waals surface area contributed by atoms with Crippen molar-refractivity contribution in [2.75, 3.05) is 0 Å². The van der Waals surface area contributed by atoms with Crippen LogP contribution in [0.25, 0.3) is 10.9 Å². The zero-order valence-corrected chi connectivity index (χ0v) is 9.40. The molecular formula is C11H11Cl2N. The lowest BCUT2D eigenvalue weighted by Crippen LogP contribution is -1.84. The average molecular weight is 228 g/mol. The highest BCUT2D eigenvalue weighted by molar-refractivity contribution is 6.17. The Kier molecular flexibility index (Phi) is 3.73. The van der Waals surface area contributed by atoms with Crippen molar-refractivity contribution < 1.29 is 0 Å². The van der Waals surface area contributed by atoms with Crippen LogP contribution in [0.3, 0.4) is 0 Å². The molecule has 0 radical (unpaired) electrons. The third-order valence-corrected chi connectivity index (χ3v) is 2.36. The Labute approximate surface area is 94.5 Å². The van der Waals surface area contributed by atoms with Crippen molar-refractivity contribution >= 4 is 34.9 Å². The molecule has 0 bridgehead atoms. The molecule has 2 aromatic rings. The Bertz CT molecular complexity index is 440. The smallest absolute Gasteiger partial charge is 0.0702 e. The van der Waals surface area contributed by atoms with Crippen LogP contribution >= 0.6 is 24.0 Å².